The molecule has 0 atom stereocenters. The molecular weight excluding hydrogens is 256 g/mol. The highest BCUT2D eigenvalue weighted by atomic mass is 35.5. The van der Waals surface area contributed by atoms with Gasteiger partial charge in [-0.25, -0.2) is 0 Å². The molecule has 0 aliphatic heterocycles. The predicted octanol–water partition coefficient (Wildman–Crippen LogP) is 2.81. The standard InChI is InChI=1S/C12H17ClN2OS/c1-12(2,7-16-3)15-9-6-4-5-8(13)10(9)11(14)17/h4-6,15H,7H2,1-3H3,(H2,14,17). The summed E-state index contributed by atoms with van der Waals surface area (Å²) in [6.45, 7) is 4.62. The minimum absolute atomic E-state index is 0.223. The number of nitrogens with two attached hydrogens (primary N) is 1. The first-order valence-electron chi connectivity index (χ1n) is 5.23. The molecular formula is C12H17ClN2OS. The number of ether oxygens (including phenoxy) is 1. The molecule has 3 N–H and O–H groups in total. The van der Waals surface area contributed by atoms with Crippen LogP contribution in [0.4, 0.5) is 5.69 Å². The second kappa shape index (κ2) is 5.67. The van der Waals surface area contributed by atoms with Gasteiger partial charge in [0.05, 0.1) is 22.7 Å². The summed E-state index contributed by atoms with van der Waals surface area (Å²) in [6.07, 6.45) is 0. The van der Waals surface area contributed by atoms with Crippen molar-refractivity contribution in [2.75, 3.05) is 19.0 Å². The van der Waals surface area contributed by atoms with Crippen molar-refractivity contribution in [2.24, 2.45) is 5.73 Å². The first-order chi connectivity index (χ1) is 7.87. The summed E-state index contributed by atoms with van der Waals surface area (Å²) >= 11 is 11.1. The van der Waals surface area contributed by atoms with Gasteiger partial charge in [0.15, 0.2) is 0 Å². The zero-order valence-electron chi connectivity index (χ0n) is 10.2. The molecule has 94 valence electrons. The molecule has 1 rings (SSSR count). The number of benzene rings is 1. The van der Waals surface area contributed by atoms with Gasteiger partial charge < -0.3 is 15.8 Å². The molecule has 0 fully saturated rings. The minimum atomic E-state index is -0.223. The van der Waals surface area contributed by atoms with Crippen molar-refractivity contribution in [3.05, 3.63) is 28.8 Å². The van der Waals surface area contributed by atoms with E-state index in [1.165, 1.54) is 0 Å². The number of rotatable bonds is 5. The van der Waals surface area contributed by atoms with Crippen molar-refractivity contribution in [3.8, 4) is 0 Å². The first-order valence-corrected chi connectivity index (χ1v) is 6.01. The van der Waals surface area contributed by atoms with Crippen LogP contribution in [0.2, 0.25) is 5.02 Å². The van der Waals surface area contributed by atoms with E-state index < -0.39 is 0 Å². The molecule has 1 aromatic carbocycles. The van der Waals surface area contributed by atoms with Gasteiger partial charge in [-0.05, 0) is 26.0 Å². The highest BCUT2D eigenvalue weighted by molar-refractivity contribution is 7.80. The van der Waals surface area contributed by atoms with Gasteiger partial charge in [-0.1, -0.05) is 29.9 Å². The van der Waals surface area contributed by atoms with E-state index in [0.29, 0.717) is 17.2 Å². The Kier molecular flexibility index (Phi) is 4.74. The van der Waals surface area contributed by atoms with Gasteiger partial charge in [-0.15, -0.1) is 0 Å². The van der Waals surface area contributed by atoms with Gasteiger partial charge in [0.1, 0.15) is 4.99 Å². The third-order valence-electron chi connectivity index (χ3n) is 2.24. The Balaban J connectivity index is 3.06. The number of methoxy groups -OCH3 is 1. The molecule has 5 heteroatoms. The van der Waals surface area contributed by atoms with Crippen LogP contribution < -0.4 is 11.1 Å². The maximum atomic E-state index is 6.09. The van der Waals surface area contributed by atoms with Gasteiger partial charge in [-0.2, -0.15) is 0 Å². The second-order valence-corrected chi connectivity index (χ2v) is 5.32. The maximum absolute atomic E-state index is 6.09. The largest absolute Gasteiger partial charge is 0.389 e. The van der Waals surface area contributed by atoms with Crippen LogP contribution in [-0.2, 0) is 4.74 Å². The lowest BCUT2D eigenvalue weighted by Gasteiger charge is -2.28. The summed E-state index contributed by atoms with van der Waals surface area (Å²) in [5, 5.41) is 3.88. The average molecular weight is 273 g/mol. The number of thiocarbonyl (C=S) groups is 1. The predicted molar refractivity (Wildman–Crippen MR) is 76.9 cm³/mol. The van der Waals surface area contributed by atoms with Crippen LogP contribution in [0.5, 0.6) is 0 Å². The molecule has 0 aliphatic carbocycles. The first kappa shape index (κ1) is 14.2. The maximum Gasteiger partial charge on any atom is 0.107 e. The molecule has 0 aliphatic rings. The van der Waals surface area contributed by atoms with Crippen molar-refractivity contribution in [2.45, 2.75) is 19.4 Å². The Morgan fingerprint density at radius 3 is 2.71 bits per heavy atom. The van der Waals surface area contributed by atoms with E-state index in [0.717, 1.165) is 5.69 Å². The third kappa shape index (κ3) is 3.84. The molecule has 17 heavy (non-hydrogen) atoms. The van der Waals surface area contributed by atoms with Crippen LogP contribution in [0.3, 0.4) is 0 Å². The van der Waals surface area contributed by atoms with E-state index in [-0.39, 0.29) is 10.5 Å². The molecule has 0 radical (unpaired) electrons. The average Bonchev–Trinajstić information content (AvgIpc) is 2.15. The Hall–Kier alpha value is -0.840. The summed E-state index contributed by atoms with van der Waals surface area (Å²) in [5.41, 5.74) is 6.96. The lowest BCUT2D eigenvalue weighted by atomic mass is 10.0. The fourth-order valence-electron chi connectivity index (χ4n) is 1.64. The lowest BCUT2D eigenvalue weighted by Crippen LogP contribution is -2.36. The molecule has 0 heterocycles. The third-order valence-corrected chi connectivity index (χ3v) is 2.76. The molecule has 1 aromatic rings. The van der Waals surface area contributed by atoms with Crippen molar-refractivity contribution in [1.29, 1.82) is 0 Å². The van der Waals surface area contributed by atoms with E-state index in [1.807, 2.05) is 26.0 Å². The number of hydrogen-bond acceptors (Lipinski definition) is 3. The highest BCUT2D eigenvalue weighted by Crippen LogP contribution is 2.26. The molecule has 0 spiro atoms. The van der Waals surface area contributed by atoms with Gasteiger partial charge in [0.2, 0.25) is 0 Å². The van der Waals surface area contributed by atoms with Gasteiger partial charge in [0.25, 0.3) is 0 Å². The van der Waals surface area contributed by atoms with Crippen LogP contribution in [0.1, 0.15) is 19.4 Å². The molecule has 0 saturated carbocycles. The molecule has 0 aromatic heterocycles. The molecule has 0 saturated heterocycles. The van der Waals surface area contributed by atoms with Crippen LogP contribution in [0.25, 0.3) is 0 Å². The second-order valence-electron chi connectivity index (χ2n) is 4.47. The van der Waals surface area contributed by atoms with Crippen LogP contribution >= 0.6 is 23.8 Å². The summed E-state index contributed by atoms with van der Waals surface area (Å²) in [5.74, 6) is 0. The normalized spacial score (nSPS) is 11.3. The fraction of sp³-hybridized carbons (Fsp3) is 0.417. The summed E-state index contributed by atoms with van der Waals surface area (Å²) in [7, 11) is 1.66. The fourth-order valence-corrected chi connectivity index (χ4v) is 2.19. The van der Waals surface area contributed by atoms with Crippen LogP contribution in [0.15, 0.2) is 18.2 Å². The van der Waals surface area contributed by atoms with E-state index in [9.17, 15) is 0 Å². The number of hydrogen-bond donors (Lipinski definition) is 2. The smallest absolute Gasteiger partial charge is 0.107 e. The molecule has 0 unspecified atom stereocenters. The number of nitrogens with one attached hydrogen (secondary N) is 1. The van der Waals surface area contributed by atoms with E-state index in [1.54, 1.807) is 13.2 Å². The Morgan fingerprint density at radius 1 is 1.53 bits per heavy atom. The Morgan fingerprint density at radius 2 is 2.18 bits per heavy atom. The highest BCUT2D eigenvalue weighted by Gasteiger charge is 2.20. The van der Waals surface area contributed by atoms with Gasteiger partial charge >= 0.3 is 0 Å². The topological polar surface area (TPSA) is 47.3 Å². The SMILES string of the molecule is COCC(C)(C)Nc1cccc(Cl)c1C(N)=S. The van der Waals surface area contributed by atoms with Crippen molar-refractivity contribution < 1.29 is 4.74 Å². The van der Waals surface area contributed by atoms with Crippen LogP contribution in [0, 0.1) is 0 Å². The lowest BCUT2D eigenvalue weighted by molar-refractivity contribution is 0.158. The zero-order valence-corrected chi connectivity index (χ0v) is 11.8. The van der Waals surface area contributed by atoms with Crippen LogP contribution in [-0.4, -0.2) is 24.2 Å². The van der Waals surface area contributed by atoms with E-state index in [2.05, 4.69) is 5.32 Å². The van der Waals surface area contributed by atoms with Crippen molar-refractivity contribution in [3.63, 3.8) is 0 Å². The van der Waals surface area contributed by atoms with E-state index in [4.69, 9.17) is 34.3 Å². The quantitative estimate of drug-likeness (QED) is 0.810. The monoisotopic (exact) mass is 272 g/mol. The van der Waals surface area contributed by atoms with Crippen molar-refractivity contribution >= 4 is 34.5 Å². The molecule has 0 bridgehead atoms. The summed E-state index contributed by atoms with van der Waals surface area (Å²) in [4.78, 5) is 0.284. The van der Waals surface area contributed by atoms with Gasteiger partial charge in [-0.3, -0.25) is 0 Å². The summed E-state index contributed by atoms with van der Waals surface area (Å²) in [6, 6.07) is 5.53. The zero-order chi connectivity index (χ0) is 13.1. The van der Waals surface area contributed by atoms with Gasteiger partial charge in [0, 0.05) is 12.8 Å². The Bertz CT molecular complexity index is 421. The summed E-state index contributed by atoms with van der Waals surface area (Å²) < 4.78 is 5.15. The number of halogens is 1. The molecule has 3 nitrogen and oxygen atoms in total. The molecule has 0 amide bonds. The van der Waals surface area contributed by atoms with E-state index >= 15 is 0 Å². The minimum Gasteiger partial charge on any atom is -0.389 e. The number of anilines is 1. The Labute approximate surface area is 112 Å². The van der Waals surface area contributed by atoms with Crippen molar-refractivity contribution in [1.82, 2.24) is 0 Å².